The molecule has 1 saturated carbocycles. The van der Waals surface area contributed by atoms with Crippen molar-refractivity contribution in [3.05, 3.63) is 58.4 Å². The Morgan fingerprint density at radius 2 is 1.97 bits per heavy atom. The fourth-order valence-electron chi connectivity index (χ4n) is 4.56. The SMILES string of the molecule is O=C(NC[C@@H]1CCCCN1C(=O)c1nc(C2CC2)sc1-c1cccc(Cl)c1)Oc1cc2nccnc2s1. The van der Waals surface area contributed by atoms with Crippen molar-refractivity contribution in [2.75, 3.05) is 13.1 Å². The molecule has 2 aliphatic rings. The predicted octanol–water partition coefficient (Wildman–Crippen LogP) is 6.13. The van der Waals surface area contributed by atoms with Gasteiger partial charge in [0, 0.05) is 48.5 Å². The highest BCUT2D eigenvalue weighted by Crippen LogP contribution is 2.45. The highest BCUT2D eigenvalue weighted by molar-refractivity contribution is 7.20. The fraction of sp³-hybridized carbons (Fsp3) is 0.346. The number of nitrogens with zero attached hydrogens (tertiary/aromatic N) is 4. The van der Waals surface area contributed by atoms with Crippen LogP contribution in [0.25, 0.3) is 20.8 Å². The van der Waals surface area contributed by atoms with Crippen LogP contribution in [0.15, 0.2) is 42.7 Å². The maximum atomic E-state index is 13.9. The molecule has 1 N–H and O–H groups in total. The Balaban J connectivity index is 1.18. The summed E-state index contributed by atoms with van der Waals surface area (Å²) in [5.74, 6) is 0.344. The van der Waals surface area contributed by atoms with Crippen LogP contribution in [-0.4, -0.2) is 51.0 Å². The number of halogens is 1. The minimum absolute atomic E-state index is 0.0975. The van der Waals surface area contributed by atoms with Crippen LogP contribution >= 0.6 is 34.3 Å². The van der Waals surface area contributed by atoms with E-state index >= 15 is 0 Å². The molecule has 37 heavy (non-hydrogen) atoms. The van der Waals surface area contributed by atoms with Gasteiger partial charge in [-0.05, 0) is 49.8 Å². The van der Waals surface area contributed by atoms with E-state index in [0.29, 0.717) is 45.1 Å². The first-order valence-electron chi connectivity index (χ1n) is 12.3. The van der Waals surface area contributed by atoms with Crippen LogP contribution in [0, 0.1) is 0 Å². The Hall–Kier alpha value is -3.08. The van der Waals surface area contributed by atoms with Gasteiger partial charge in [0.2, 0.25) is 0 Å². The van der Waals surface area contributed by atoms with E-state index in [0.717, 1.165) is 47.6 Å². The number of piperidine rings is 1. The second-order valence-electron chi connectivity index (χ2n) is 9.25. The number of hydrogen-bond acceptors (Lipinski definition) is 8. The molecular formula is C26H24ClN5O3S2. The lowest BCUT2D eigenvalue weighted by molar-refractivity contribution is 0.0607. The number of thiophene rings is 1. The zero-order valence-electron chi connectivity index (χ0n) is 19.9. The average molecular weight is 554 g/mol. The summed E-state index contributed by atoms with van der Waals surface area (Å²) in [5, 5.41) is 4.91. The highest BCUT2D eigenvalue weighted by atomic mass is 35.5. The Labute approximate surface area is 226 Å². The van der Waals surface area contributed by atoms with Crippen molar-refractivity contribution in [2.45, 2.75) is 44.1 Å². The molecule has 3 aromatic heterocycles. The third kappa shape index (κ3) is 5.32. The summed E-state index contributed by atoms with van der Waals surface area (Å²) in [6.07, 6.45) is 7.57. The fourth-order valence-corrected chi connectivity index (χ4v) is 6.78. The topological polar surface area (TPSA) is 97.3 Å². The average Bonchev–Trinajstić information content (AvgIpc) is 3.53. The number of fused-ring (bicyclic) bond motifs is 1. The molecule has 1 aromatic carbocycles. The maximum absolute atomic E-state index is 13.9. The number of thiazole rings is 1. The molecule has 1 atom stereocenters. The number of rotatable bonds is 6. The molecule has 1 saturated heterocycles. The van der Waals surface area contributed by atoms with Crippen molar-refractivity contribution in [1.82, 2.24) is 25.2 Å². The van der Waals surface area contributed by atoms with E-state index in [9.17, 15) is 9.59 Å². The highest BCUT2D eigenvalue weighted by Gasteiger charge is 2.34. The van der Waals surface area contributed by atoms with E-state index in [2.05, 4.69) is 15.3 Å². The molecule has 4 aromatic rings. The minimum Gasteiger partial charge on any atom is -0.399 e. The summed E-state index contributed by atoms with van der Waals surface area (Å²) < 4.78 is 5.46. The number of amides is 2. The number of hydrogen-bond donors (Lipinski definition) is 1. The van der Waals surface area contributed by atoms with Crippen LogP contribution in [0.3, 0.4) is 0 Å². The van der Waals surface area contributed by atoms with Gasteiger partial charge >= 0.3 is 6.09 Å². The van der Waals surface area contributed by atoms with Gasteiger partial charge in [-0.2, -0.15) is 0 Å². The number of likely N-dealkylation sites (tertiary alicyclic amines) is 1. The van der Waals surface area contributed by atoms with Crippen molar-refractivity contribution in [3.8, 4) is 15.5 Å². The summed E-state index contributed by atoms with van der Waals surface area (Å²) in [6.45, 7) is 0.928. The van der Waals surface area contributed by atoms with E-state index < -0.39 is 6.09 Å². The molecule has 1 aliphatic carbocycles. The molecule has 2 amide bonds. The van der Waals surface area contributed by atoms with E-state index in [1.165, 1.54) is 11.3 Å². The van der Waals surface area contributed by atoms with Crippen LogP contribution in [-0.2, 0) is 0 Å². The molecule has 11 heteroatoms. The number of aromatic nitrogens is 3. The molecule has 1 aliphatic heterocycles. The number of ether oxygens (including phenoxy) is 1. The van der Waals surface area contributed by atoms with Gasteiger partial charge < -0.3 is 15.0 Å². The first kappa shape index (κ1) is 24.3. The summed E-state index contributed by atoms with van der Waals surface area (Å²) in [4.78, 5) is 43.1. The number of carbonyl (C=O) groups is 2. The van der Waals surface area contributed by atoms with Crippen molar-refractivity contribution >= 4 is 56.6 Å². The Bertz CT molecular complexity index is 1430. The lowest BCUT2D eigenvalue weighted by atomic mass is 10.0. The second-order valence-corrected chi connectivity index (χ2v) is 11.7. The summed E-state index contributed by atoms with van der Waals surface area (Å²) >= 11 is 9.12. The molecule has 2 fully saturated rings. The van der Waals surface area contributed by atoms with Gasteiger partial charge in [-0.25, -0.2) is 14.8 Å². The van der Waals surface area contributed by atoms with Gasteiger partial charge in [-0.15, -0.1) is 11.3 Å². The smallest absolute Gasteiger partial charge is 0.399 e. The van der Waals surface area contributed by atoms with E-state index in [1.54, 1.807) is 29.8 Å². The van der Waals surface area contributed by atoms with Gasteiger partial charge in [0.05, 0.1) is 9.88 Å². The quantitative estimate of drug-likeness (QED) is 0.308. The second kappa shape index (κ2) is 10.4. The first-order valence-corrected chi connectivity index (χ1v) is 14.3. The van der Waals surface area contributed by atoms with Crippen LogP contribution in [0.1, 0.15) is 53.5 Å². The third-order valence-corrected chi connectivity index (χ3v) is 8.98. The molecular weight excluding hydrogens is 530 g/mol. The number of nitrogens with one attached hydrogen (secondary N) is 1. The Morgan fingerprint density at radius 3 is 2.78 bits per heavy atom. The summed E-state index contributed by atoms with van der Waals surface area (Å²) in [5.41, 5.74) is 2.07. The van der Waals surface area contributed by atoms with Crippen LogP contribution < -0.4 is 10.1 Å². The molecule has 0 bridgehead atoms. The van der Waals surface area contributed by atoms with Gasteiger partial charge in [-0.1, -0.05) is 35.1 Å². The zero-order chi connectivity index (χ0) is 25.4. The first-order chi connectivity index (χ1) is 18.0. The van der Waals surface area contributed by atoms with Crippen LogP contribution in [0.4, 0.5) is 4.79 Å². The molecule has 0 radical (unpaired) electrons. The lowest BCUT2D eigenvalue weighted by Crippen LogP contribution is -2.50. The van der Waals surface area contributed by atoms with Crippen molar-refractivity contribution in [3.63, 3.8) is 0 Å². The van der Waals surface area contributed by atoms with Gasteiger partial charge in [-0.3, -0.25) is 9.78 Å². The van der Waals surface area contributed by atoms with Gasteiger partial charge in [0.1, 0.15) is 16.0 Å². The van der Waals surface area contributed by atoms with Crippen molar-refractivity contribution in [2.24, 2.45) is 0 Å². The van der Waals surface area contributed by atoms with Crippen LogP contribution in [0.2, 0.25) is 5.02 Å². The van der Waals surface area contributed by atoms with E-state index in [4.69, 9.17) is 21.3 Å². The maximum Gasteiger partial charge on any atom is 0.413 e. The van der Waals surface area contributed by atoms with Crippen LogP contribution in [0.5, 0.6) is 5.06 Å². The van der Waals surface area contributed by atoms with E-state index in [1.807, 2.05) is 29.2 Å². The third-order valence-electron chi connectivity index (χ3n) is 6.57. The lowest BCUT2D eigenvalue weighted by Gasteiger charge is -2.35. The summed E-state index contributed by atoms with van der Waals surface area (Å²) in [6, 6.07) is 9.12. The summed E-state index contributed by atoms with van der Waals surface area (Å²) in [7, 11) is 0. The minimum atomic E-state index is -0.561. The Morgan fingerprint density at radius 1 is 1.11 bits per heavy atom. The van der Waals surface area contributed by atoms with Crippen molar-refractivity contribution < 1.29 is 14.3 Å². The zero-order valence-corrected chi connectivity index (χ0v) is 22.2. The molecule has 4 heterocycles. The molecule has 8 nitrogen and oxygen atoms in total. The number of benzene rings is 1. The van der Waals surface area contributed by atoms with Gasteiger partial charge in [0.25, 0.3) is 5.91 Å². The van der Waals surface area contributed by atoms with Crippen molar-refractivity contribution in [1.29, 1.82) is 0 Å². The monoisotopic (exact) mass is 553 g/mol. The standard InChI is InChI=1S/C26H24ClN5O3S2/c27-17-5-3-4-16(12-17)22-21(31-23(37-22)15-7-8-15)25(33)32-11-2-1-6-18(32)14-30-26(34)35-20-13-19-24(36-20)29-10-9-28-19/h3-5,9-10,12-13,15,18H,1-2,6-8,11,14H2,(H,30,34)/t18-/m0/s1. The molecule has 6 rings (SSSR count). The van der Waals surface area contributed by atoms with Gasteiger partial charge in [0.15, 0.2) is 5.06 Å². The predicted molar refractivity (Wildman–Crippen MR) is 145 cm³/mol. The molecule has 0 spiro atoms. The molecule has 0 unspecified atom stereocenters. The number of carbonyl (C=O) groups excluding carboxylic acids is 2. The van der Waals surface area contributed by atoms with E-state index in [-0.39, 0.29) is 11.9 Å². The largest absolute Gasteiger partial charge is 0.413 e. The normalized spacial score (nSPS) is 17.6. The molecule has 190 valence electrons. The Kier molecular flexibility index (Phi) is 6.79.